The van der Waals surface area contributed by atoms with E-state index in [9.17, 15) is 5.11 Å². The van der Waals surface area contributed by atoms with Crippen LogP contribution in [0.3, 0.4) is 0 Å². The molecule has 0 aliphatic carbocycles. The molecule has 1 aromatic carbocycles. The van der Waals surface area contributed by atoms with Crippen LogP contribution in [0.15, 0.2) is 30.3 Å². The Morgan fingerprint density at radius 2 is 1.70 bits per heavy atom. The van der Waals surface area contributed by atoms with Gasteiger partial charge in [0.2, 0.25) is 0 Å². The summed E-state index contributed by atoms with van der Waals surface area (Å²) in [7, 11) is 0. The molecular weight excluding hydrogens is 252 g/mol. The first-order valence-corrected chi connectivity index (χ1v) is 7.33. The fourth-order valence-corrected chi connectivity index (χ4v) is 2.01. The van der Waals surface area contributed by atoms with E-state index in [-0.39, 0.29) is 5.60 Å². The van der Waals surface area contributed by atoms with Crippen LogP contribution in [0.25, 0.3) is 0 Å². The summed E-state index contributed by atoms with van der Waals surface area (Å²) in [5, 5.41) is 9.89. The lowest BCUT2D eigenvalue weighted by Gasteiger charge is -2.32. The molecule has 1 rings (SSSR count). The lowest BCUT2D eigenvalue weighted by molar-refractivity contribution is -0.110. The van der Waals surface area contributed by atoms with Crippen molar-refractivity contribution in [2.45, 2.75) is 64.8 Å². The van der Waals surface area contributed by atoms with Gasteiger partial charge in [-0.25, -0.2) is 0 Å². The van der Waals surface area contributed by atoms with Crippen LogP contribution in [0.2, 0.25) is 0 Å². The number of hydrogen-bond donors (Lipinski definition) is 1. The molecule has 0 radical (unpaired) electrons. The second kappa shape index (κ2) is 7.09. The summed E-state index contributed by atoms with van der Waals surface area (Å²) >= 11 is 0. The molecule has 0 saturated heterocycles. The van der Waals surface area contributed by atoms with Crippen LogP contribution in [-0.4, -0.2) is 29.0 Å². The Labute approximate surface area is 122 Å². The third kappa shape index (κ3) is 5.51. The van der Waals surface area contributed by atoms with E-state index in [4.69, 9.17) is 9.47 Å². The maximum absolute atomic E-state index is 9.89. The Morgan fingerprint density at radius 1 is 1.10 bits per heavy atom. The van der Waals surface area contributed by atoms with E-state index in [0.717, 1.165) is 12.2 Å². The predicted molar refractivity (Wildman–Crippen MR) is 82.1 cm³/mol. The lowest BCUT2D eigenvalue weighted by Crippen LogP contribution is -2.40. The van der Waals surface area contributed by atoms with Gasteiger partial charge in [0.1, 0.15) is 11.4 Å². The smallest absolute Gasteiger partial charge is 0.120 e. The molecule has 0 amide bonds. The van der Waals surface area contributed by atoms with Gasteiger partial charge >= 0.3 is 0 Å². The van der Waals surface area contributed by atoms with Crippen molar-refractivity contribution in [3.8, 4) is 5.75 Å². The second-order valence-corrected chi connectivity index (χ2v) is 6.30. The molecule has 1 aromatic rings. The molecule has 0 bridgehead atoms. The number of rotatable bonds is 8. The Bertz CT molecular complexity index is 384. The fourth-order valence-electron chi connectivity index (χ4n) is 2.01. The fraction of sp³-hybridized carbons (Fsp3) is 0.647. The second-order valence-electron chi connectivity index (χ2n) is 6.30. The molecule has 0 spiro atoms. The Morgan fingerprint density at radius 3 is 2.25 bits per heavy atom. The first kappa shape index (κ1) is 17.0. The summed E-state index contributed by atoms with van der Waals surface area (Å²) in [5.74, 6) is 0.866. The van der Waals surface area contributed by atoms with Crippen molar-refractivity contribution in [3.63, 3.8) is 0 Å². The molecule has 20 heavy (non-hydrogen) atoms. The molecule has 114 valence electrons. The van der Waals surface area contributed by atoms with Crippen LogP contribution in [-0.2, 0) is 4.74 Å². The summed E-state index contributed by atoms with van der Waals surface area (Å²) in [4.78, 5) is 0. The Kier molecular flexibility index (Phi) is 6.03. The van der Waals surface area contributed by atoms with E-state index >= 15 is 0 Å². The minimum absolute atomic E-state index is 0.297. The monoisotopic (exact) mass is 280 g/mol. The zero-order chi connectivity index (χ0) is 15.2. The topological polar surface area (TPSA) is 38.7 Å². The maximum atomic E-state index is 9.89. The first-order chi connectivity index (χ1) is 9.27. The highest BCUT2D eigenvalue weighted by Gasteiger charge is 2.28. The normalized spacial score (nSPS) is 14.1. The highest BCUT2D eigenvalue weighted by atomic mass is 16.5. The molecule has 1 atom stereocenters. The molecule has 3 nitrogen and oxygen atoms in total. The average molecular weight is 280 g/mol. The van der Waals surface area contributed by atoms with Gasteiger partial charge in [-0.2, -0.15) is 0 Å². The van der Waals surface area contributed by atoms with E-state index in [2.05, 4.69) is 0 Å². The van der Waals surface area contributed by atoms with E-state index in [1.807, 2.05) is 65.0 Å². The van der Waals surface area contributed by atoms with Gasteiger partial charge in [0.15, 0.2) is 0 Å². The zero-order valence-electron chi connectivity index (χ0n) is 13.3. The number of aliphatic hydroxyl groups excluding tert-OH is 1. The largest absolute Gasteiger partial charge is 0.488 e. The Balaban J connectivity index is 2.44. The quantitative estimate of drug-likeness (QED) is 0.787. The van der Waals surface area contributed by atoms with Crippen LogP contribution in [0.5, 0.6) is 5.75 Å². The molecule has 1 N–H and O–H groups in total. The predicted octanol–water partition coefficient (Wildman–Crippen LogP) is 3.80. The minimum atomic E-state index is -0.516. The molecule has 0 saturated carbocycles. The van der Waals surface area contributed by atoms with Gasteiger partial charge < -0.3 is 14.6 Å². The van der Waals surface area contributed by atoms with Crippen LogP contribution < -0.4 is 4.74 Å². The van der Waals surface area contributed by atoms with Gasteiger partial charge in [0, 0.05) is 6.42 Å². The summed E-state index contributed by atoms with van der Waals surface area (Å²) in [6, 6.07) is 9.80. The van der Waals surface area contributed by atoms with E-state index < -0.39 is 11.7 Å². The van der Waals surface area contributed by atoms with Crippen molar-refractivity contribution in [1.29, 1.82) is 0 Å². The third-order valence-corrected chi connectivity index (χ3v) is 3.50. The SMILES string of the molecule is CCC(O)C(C)(C)OCCC(C)(C)Oc1ccccc1. The first-order valence-electron chi connectivity index (χ1n) is 7.33. The molecule has 0 aromatic heterocycles. The average Bonchev–Trinajstić information content (AvgIpc) is 2.37. The van der Waals surface area contributed by atoms with Crippen LogP contribution in [0.4, 0.5) is 0 Å². The number of aliphatic hydroxyl groups is 1. The number of ether oxygens (including phenoxy) is 2. The molecule has 0 aliphatic heterocycles. The molecular formula is C17H28O3. The van der Waals surface area contributed by atoms with Gasteiger partial charge in [-0.15, -0.1) is 0 Å². The van der Waals surface area contributed by atoms with Crippen molar-refractivity contribution in [1.82, 2.24) is 0 Å². The lowest BCUT2D eigenvalue weighted by atomic mass is 9.99. The van der Waals surface area contributed by atoms with Crippen LogP contribution >= 0.6 is 0 Å². The summed E-state index contributed by atoms with van der Waals surface area (Å²) in [6.45, 7) is 10.5. The van der Waals surface area contributed by atoms with Crippen molar-refractivity contribution in [2.75, 3.05) is 6.61 Å². The zero-order valence-corrected chi connectivity index (χ0v) is 13.3. The van der Waals surface area contributed by atoms with Crippen molar-refractivity contribution < 1.29 is 14.6 Å². The van der Waals surface area contributed by atoms with E-state index in [1.165, 1.54) is 0 Å². The summed E-state index contributed by atoms with van der Waals surface area (Å²) in [5.41, 5.74) is -0.813. The van der Waals surface area contributed by atoms with E-state index in [0.29, 0.717) is 13.0 Å². The number of hydrogen-bond acceptors (Lipinski definition) is 3. The third-order valence-electron chi connectivity index (χ3n) is 3.50. The van der Waals surface area contributed by atoms with Crippen molar-refractivity contribution in [2.24, 2.45) is 0 Å². The van der Waals surface area contributed by atoms with Gasteiger partial charge in [0.05, 0.1) is 18.3 Å². The highest BCUT2D eigenvalue weighted by Crippen LogP contribution is 2.23. The van der Waals surface area contributed by atoms with Gasteiger partial charge in [0.25, 0.3) is 0 Å². The van der Waals surface area contributed by atoms with Crippen LogP contribution in [0, 0.1) is 0 Å². The van der Waals surface area contributed by atoms with Gasteiger partial charge in [-0.3, -0.25) is 0 Å². The molecule has 0 aliphatic rings. The Hall–Kier alpha value is -1.06. The van der Waals surface area contributed by atoms with Gasteiger partial charge in [-0.05, 0) is 46.2 Å². The minimum Gasteiger partial charge on any atom is -0.488 e. The number of benzene rings is 1. The van der Waals surface area contributed by atoms with E-state index in [1.54, 1.807) is 0 Å². The van der Waals surface area contributed by atoms with Crippen LogP contribution in [0.1, 0.15) is 47.5 Å². The standard InChI is InChI=1S/C17H28O3/c1-6-15(18)17(4,5)19-13-12-16(2,3)20-14-10-8-7-9-11-14/h7-11,15,18H,6,12-13H2,1-5H3. The molecule has 0 heterocycles. The maximum Gasteiger partial charge on any atom is 0.120 e. The van der Waals surface area contributed by atoms with Crippen molar-refractivity contribution >= 4 is 0 Å². The highest BCUT2D eigenvalue weighted by molar-refractivity contribution is 5.21. The molecule has 1 unspecified atom stereocenters. The summed E-state index contributed by atoms with van der Waals surface area (Å²) < 4.78 is 11.8. The van der Waals surface area contributed by atoms with Gasteiger partial charge in [-0.1, -0.05) is 25.1 Å². The van der Waals surface area contributed by atoms with Crippen molar-refractivity contribution in [3.05, 3.63) is 30.3 Å². The molecule has 3 heteroatoms. The summed E-state index contributed by atoms with van der Waals surface area (Å²) in [6.07, 6.45) is 1.01. The molecule has 0 fully saturated rings. The number of para-hydroxylation sites is 1.